The van der Waals surface area contributed by atoms with Gasteiger partial charge in [-0.15, -0.1) is 23.9 Å². The van der Waals surface area contributed by atoms with Crippen LogP contribution >= 0.6 is 0 Å². The molecule has 0 bridgehead atoms. The Morgan fingerprint density at radius 1 is 0.548 bits per heavy atom. The highest BCUT2D eigenvalue weighted by molar-refractivity contribution is 6.84. The minimum absolute atomic E-state index is 0.120. The molecule has 4 aromatic carbocycles. The Morgan fingerprint density at radius 2 is 0.839 bits per heavy atom. The van der Waals surface area contributed by atoms with Gasteiger partial charge in [-0.1, -0.05) is 59.6 Å². The maximum atomic E-state index is 11.7. The Kier molecular flexibility index (Phi) is 29.1. The van der Waals surface area contributed by atoms with Crippen LogP contribution in [0.1, 0.15) is 61.7 Å². The molecule has 0 spiro atoms. The summed E-state index contributed by atoms with van der Waals surface area (Å²) in [5, 5.41) is 9.68. The van der Waals surface area contributed by atoms with Gasteiger partial charge in [0, 0.05) is 23.7 Å². The van der Waals surface area contributed by atoms with E-state index in [1.165, 1.54) is 37.8 Å². The number of ether oxygens (including phenoxy) is 4. The second kappa shape index (κ2) is 31.3. The van der Waals surface area contributed by atoms with Crippen LogP contribution in [0.5, 0.6) is 23.0 Å². The number of carbonyl (C=O) groups excluding carboxylic acids is 3. The number of carbonyl (C=O) groups is 4. The highest BCUT2D eigenvalue weighted by atomic mass is 28.3. The number of nitrogens with zero attached hydrogens (tertiary/aromatic N) is 1. The summed E-state index contributed by atoms with van der Waals surface area (Å²) in [5.74, 6) is 6.05. The quantitative estimate of drug-likeness (QED) is 0.0569. The van der Waals surface area contributed by atoms with Gasteiger partial charge in [-0.25, -0.2) is 9.86 Å². The summed E-state index contributed by atoms with van der Waals surface area (Å²) in [6, 6.07) is 26.8. The number of amides is 1. The minimum Gasteiger partial charge on any atom is -0.497 e. The van der Waals surface area contributed by atoms with E-state index in [9.17, 15) is 19.2 Å². The van der Waals surface area contributed by atoms with Crippen molar-refractivity contribution in [2.24, 2.45) is 0 Å². The van der Waals surface area contributed by atoms with Crippen LogP contribution in [-0.4, -0.2) is 92.4 Å². The van der Waals surface area contributed by atoms with E-state index in [-0.39, 0.29) is 23.0 Å². The van der Waals surface area contributed by atoms with Crippen LogP contribution in [0.25, 0.3) is 0 Å². The number of hydrogen-bond acceptors (Lipinski definition) is 9. The molecule has 13 heteroatoms. The van der Waals surface area contributed by atoms with Gasteiger partial charge in [0.25, 0.3) is 5.91 Å². The number of terminal acetylenes is 2. The molecule has 4 aromatic rings. The first-order valence-corrected chi connectivity index (χ1v) is 26.3. The molecule has 0 radical (unpaired) electrons. The third kappa shape index (κ3) is 26.5. The van der Waals surface area contributed by atoms with Crippen LogP contribution in [0.2, 0.25) is 39.3 Å². The van der Waals surface area contributed by atoms with E-state index in [2.05, 4.69) is 70.1 Å². The van der Waals surface area contributed by atoms with Gasteiger partial charge in [-0.3, -0.25) is 19.2 Å². The number of hydrogen-bond donors (Lipinski definition) is 1. The van der Waals surface area contributed by atoms with Gasteiger partial charge in [0.05, 0.1) is 41.1 Å². The summed E-state index contributed by atoms with van der Waals surface area (Å²) in [5.41, 5.74) is 7.76. The zero-order chi connectivity index (χ0) is 47.9. The average molecular weight is 882 g/mol. The van der Waals surface area contributed by atoms with Crippen molar-refractivity contribution in [2.75, 3.05) is 42.6 Å². The van der Waals surface area contributed by atoms with Crippen molar-refractivity contribution >= 4 is 39.6 Å². The molecular formula is C49H63NO10Si2. The van der Waals surface area contributed by atoms with Crippen LogP contribution in [0.3, 0.4) is 0 Å². The fraction of sp³-hybridized carbons (Fsp3) is 0.306. The van der Waals surface area contributed by atoms with Crippen LogP contribution in [0.4, 0.5) is 0 Å². The van der Waals surface area contributed by atoms with Crippen molar-refractivity contribution < 1.29 is 48.1 Å². The Bertz CT molecular complexity index is 2080. The molecule has 0 aliphatic heterocycles. The van der Waals surface area contributed by atoms with Crippen molar-refractivity contribution in [3.8, 4) is 58.8 Å². The molecule has 0 unspecified atom stereocenters. The Balaban J connectivity index is 0. The summed E-state index contributed by atoms with van der Waals surface area (Å²) >= 11 is 0. The van der Waals surface area contributed by atoms with Gasteiger partial charge in [-0.2, -0.15) is 0 Å². The maximum absolute atomic E-state index is 11.7. The lowest BCUT2D eigenvalue weighted by molar-refractivity contribution is -0.0757. The second-order valence-electron chi connectivity index (χ2n) is 14.6. The predicted molar refractivity (Wildman–Crippen MR) is 255 cm³/mol. The lowest BCUT2D eigenvalue weighted by Crippen LogP contribution is -2.25. The molecule has 0 aliphatic carbocycles. The zero-order valence-electron chi connectivity index (χ0n) is 38.7. The van der Waals surface area contributed by atoms with Crippen LogP contribution in [0, 0.1) is 35.8 Å². The highest BCUT2D eigenvalue weighted by Crippen LogP contribution is 2.14. The first kappa shape index (κ1) is 57.5. The molecule has 0 heterocycles. The molecule has 0 saturated carbocycles. The molecule has 0 aliphatic rings. The summed E-state index contributed by atoms with van der Waals surface area (Å²) in [6.45, 7) is 17.0. The fourth-order valence-electron chi connectivity index (χ4n) is 3.62. The molecule has 0 aromatic heterocycles. The van der Waals surface area contributed by atoms with Crippen molar-refractivity contribution in [1.29, 1.82) is 0 Å². The van der Waals surface area contributed by atoms with Gasteiger partial charge >= 0.3 is 5.97 Å². The number of Topliss-reactive ketones (excluding diaryl/α,β-unsaturated/α-hetero) is 2. The largest absolute Gasteiger partial charge is 0.497 e. The molecular weight excluding hydrogens is 819 g/mol. The standard InChI is InChI=1S/C13H16O2Si.C10H13NO3.C10H8O2.C8H8O3.C5H10Si.C3H8/c1-15-12-7-5-11(6-8-12)13(14)9-10-16(2,3)4;1-11(14-3)10(12)8-4-6-9(13-2)7-5-8;1-3-10(11)8-4-6-9(12-2)7-5-8;1-11-7-4-2-6(3-5-7)8(9)10;1-5-6(2,3)4;1-3-2/h5-8H,1-4H3;4-7H,1-3H3;1,4-7H,2H3;2-5H,1H3,(H,9,10);1H,2-4H3;3H2,1-2H3. The first-order valence-electron chi connectivity index (χ1n) is 19.3. The van der Waals surface area contributed by atoms with Gasteiger partial charge in [0.15, 0.2) is 0 Å². The number of ketones is 2. The SMILES string of the molecule is C#CC(=O)c1ccc(OC)cc1.C#C[Si](C)(C)C.CCC.COc1ccc(C(=O)C#C[Si](C)(C)C)cc1.COc1ccc(C(=O)N(C)OC)cc1.COc1ccc(C(=O)O)cc1. The molecule has 0 atom stereocenters. The molecule has 0 saturated heterocycles. The predicted octanol–water partition coefficient (Wildman–Crippen LogP) is 9.91. The first-order chi connectivity index (χ1) is 29.1. The zero-order valence-corrected chi connectivity index (χ0v) is 40.7. The summed E-state index contributed by atoms with van der Waals surface area (Å²) in [7, 11) is 6.71. The summed E-state index contributed by atoms with van der Waals surface area (Å²) in [6.07, 6.45) is 11.3. The number of aromatic carboxylic acids is 1. The molecule has 4 rings (SSSR count). The molecule has 1 N–H and O–H groups in total. The lowest BCUT2D eigenvalue weighted by Gasteiger charge is -2.13. The number of methoxy groups -OCH3 is 4. The van der Waals surface area contributed by atoms with E-state index >= 15 is 0 Å². The molecule has 0 fully saturated rings. The van der Waals surface area contributed by atoms with Crippen LogP contribution < -0.4 is 18.9 Å². The summed E-state index contributed by atoms with van der Waals surface area (Å²) in [4.78, 5) is 49.3. The highest BCUT2D eigenvalue weighted by Gasteiger charge is 2.11. The van der Waals surface area contributed by atoms with Crippen molar-refractivity contribution in [1.82, 2.24) is 5.06 Å². The van der Waals surface area contributed by atoms with E-state index < -0.39 is 22.1 Å². The molecule has 1 amide bonds. The second-order valence-corrected chi connectivity index (χ2v) is 24.1. The van der Waals surface area contributed by atoms with Gasteiger partial charge in [-0.05, 0) is 109 Å². The Hall–Kier alpha value is -6.57. The van der Waals surface area contributed by atoms with Crippen molar-refractivity contribution in [2.45, 2.75) is 59.6 Å². The maximum Gasteiger partial charge on any atom is 0.335 e. The Labute approximate surface area is 371 Å². The molecule has 62 heavy (non-hydrogen) atoms. The number of benzene rings is 4. The number of hydroxylamine groups is 2. The number of carboxylic acid groups (broad SMARTS) is 1. The van der Waals surface area contributed by atoms with Gasteiger partial charge in [0.1, 0.15) is 39.1 Å². The van der Waals surface area contributed by atoms with Crippen molar-refractivity contribution in [3.05, 3.63) is 119 Å². The summed E-state index contributed by atoms with van der Waals surface area (Å²) < 4.78 is 19.8. The Morgan fingerprint density at radius 3 is 1.08 bits per heavy atom. The lowest BCUT2D eigenvalue weighted by atomic mass is 10.1. The topological polar surface area (TPSA) is 138 Å². The molecule has 332 valence electrons. The van der Waals surface area contributed by atoms with Crippen LogP contribution in [0.15, 0.2) is 97.1 Å². The van der Waals surface area contributed by atoms with E-state index in [1.807, 2.05) is 5.92 Å². The number of carboxylic acids is 1. The monoisotopic (exact) mass is 881 g/mol. The normalized spacial score (nSPS) is 9.42. The fourth-order valence-corrected chi connectivity index (χ4v) is 4.10. The van der Waals surface area contributed by atoms with E-state index in [0.717, 1.165) is 11.5 Å². The van der Waals surface area contributed by atoms with Gasteiger partial charge in [0.2, 0.25) is 11.6 Å². The smallest absolute Gasteiger partial charge is 0.335 e. The van der Waals surface area contributed by atoms with E-state index in [4.69, 9.17) is 41.7 Å². The average Bonchev–Trinajstić information content (AvgIpc) is 3.28. The third-order valence-electron chi connectivity index (χ3n) is 7.05. The van der Waals surface area contributed by atoms with E-state index in [1.54, 1.807) is 113 Å². The van der Waals surface area contributed by atoms with E-state index in [0.29, 0.717) is 28.2 Å². The minimum atomic E-state index is -1.48. The third-order valence-corrected chi connectivity index (χ3v) is 8.79. The van der Waals surface area contributed by atoms with Crippen molar-refractivity contribution in [3.63, 3.8) is 0 Å². The number of rotatable bonds is 9. The van der Waals surface area contributed by atoms with Gasteiger partial charge < -0.3 is 24.1 Å². The molecule has 11 nitrogen and oxygen atoms in total. The van der Waals surface area contributed by atoms with Crippen LogP contribution in [-0.2, 0) is 4.84 Å².